The first-order chi connectivity index (χ1) is 8.02. The van der Waals surface area contributed by atoms with Crippen LogP contribution in [0.2, 0.25) is 0 Å². The first-order valence-electron chi connectivity index (χ1n) is 6.62. The summed E-state index contributed by atoms with van der Waals surface area (Å²) in [6.07, 6.45) is 5.31. The number of nitrogens with zero attached hydrogens (tertiary/aromatic N) is 1. The van der Waals surface area contributed by atoms with Crippen LogP contribution in [0.3, 0.4) is 0 Å². The second-order valence-electron chi connectivity index (χ2n) is 5.52. The zero-order valence-electron chi connectivity index (χ0n) is 11.4. The fourth-order valence-electron chi connectivity index (χ4n) is 2.41. The number of hydrogen-bond donors (Lipinski definition) is 1. The number of rotatable bonds is 4. The van der Waals surface area contributed by atoms with Crippen molar-refractivity contribution in [2.24, 2.45) is 11.7 Å². The molecule has 0 aliphatic heterocycles. The molecule has 0 bridgehead atoms. The number of nitrogens with two attached hydrogens (primary N) is 1. The van der Waals surface area contributed by atoms with Crippen molar-refractivity contribution in [3.63, 3.8) is 0 Å². The Bertz CT molecular complexity index is 248. The molecule has 0 radical (unpaired) electrons. The minimum Gasteiger partial charge on any atom is -0.449 e. The van der Waals surface area contributed by atoms with Crippen LogP contribution in [0.15, 0.2) is 0 Å². The van der Waals surface area contributed by atoms with Gasteiger partial charge in [0.2, 0.25) is 0 Å². The van der Waals surface area contributed by atoms with E-state index < -0.39 is 0 Å². The van der Waals surface area contributed by atoms with Gasteiger partial charge in [0, 0.05) is 13.6 Å². The maximum absolute atomic E-state index is 12.0. The maximum Gasteiger partial charge on any atom is 0.410 e. The van der Waals surface area contributed by atoms with Crippen LogP contribution < -0.4 is 5.73 Å². The van der Waals surface area contributed by atoms with Crippen molar-refractivity contribution in [3.05, 3.63) is 0 Å². The molecule has 17 heavy (non-hydrogen) atoms. The smallest absolute Gasteiger partial charge is 0.410 e. The summed E-state index contributed by atoms with van der Waals surface area (Å²) in [5.74, 6) is 0.368. The van der Waals surface area contributed by atoms with Gasteiger partial charge in [-0.3, -0.25) is 0 Å². The Kier molecular flexibility index (Phi) is 5.25. The monoisotopic (exact) mass is 242 g/mol. The Labute approximate surface area is 104 Å². The van der Waals surface area contributed by atoms with Gasteiger partial charge in [0.25, 0.3) is 0 Å². The topological polar surface area (TPSA) is 55.6 Å². The molecule has 1 aliphatic carbocycles. The highest BCUT2D eigenvalue weighted by atomic mass is 16.6. The molecule has 1 fully saturated rings. The molecule has 2 N–H and O–H groups in total. The van der Waals surface area contributed by atoms with E-state index in [2.05, 4.69) is 0 Å². The van der Waals surface area contributed by atoms with Crippen LogP contribution in [0.1, 0.15) is 46.0 Å². The van der Waals surface area contributed by atoms with Gasteiger partial charge < -0.3 is 15.4 Å². The molecule has 1 aliphatic rings. The number of carbonyl (C=O) groups is 1. The number of carbonyl (C=O) groups excluding carboxylic acids is 1. The molecular weight excluding hydrogens is 216 g/mol. The standard InChI is InChI=1S/C13H26N2O2/c1-11(2)9-17-12(16)15(3)13(10-14)7-5-4-6-8-13/h11H,4-10,14H2,1-3H3. The van der Waals surface area contributed by atoms with E-state index in [0.717, 1.165) is 25.7 Å². The molecule has 0 atom stereocenters. The van der Waals surface area contributed by atoms with E-state index in [4.69, 9.17) is 10.5 Å². The Balaban J connectivity index is 2.58. The van der Waals surface area contributed by atoms with Gasteiger partial charge in [0.05, 0.1) is 12.1 Å². The highest BCUT2D eigenvalue weighted by molar-refractivity contribution is 5.68. The van der Waals surface area contributed by atoms with Crippen molar-refractivity contribution in [2.75, 3.05) is 20.2 Å². The molecule has 0 aromatic rings. The largest absolute Gasteiger partial charge is 0.449 e. The second kappa shape index (κ2) is 6.24. The zero-order chi connectivity index (χ0) is 12.9. The summed E-state index contributed by atoms with van der Waals surface area (Å²) in [7, 11) is 1.82. The van der Waals surface area contributed by atoms with Gasteiger partial charge in [-0.1, -0.05) is 33.1 Å². The van der Waals surface area contributed by atoms with Crippen LogP contribution in [0.5, 0.6) is 0 Å². The number of ether oxygens (including phenoxy) is 1. The highest BCUT2D eigenvalue weighted by Gasteiger charge is 2.38. The van der Waals surface area contributed by atoms with E-state index in [1.165, 1.54) is 6.42 Å². The number of hydrogen-bond acceptors (Lipinski definition) is 3. The lowest BCUT2D eigenvalue weighted by Crippen LogP contribution is -2.55. The minimum atomic E-state index is -0.231. The van der Waals surface area contributed by atoms with Crippen molar-refractivity contribution in [3.8, 4) is 0 Å². The predicted molar refractivity (Wildman–Crippen MR) is 68.8 cm³/mol. The van der Waals surface area contributed by atoms with Crippen molar-refractivity contribution < 1.29 is 9.53 Å². The summed E-state index contributed by atoms with van der Waals surface area (Å²) in [6.45, 7) is 5.07. The van der Waals surface area contributed by atoms with Gasteiger partial charge in [-0.15, -0.1) is 0 Å². The van der Waals surface area contributed by atoms with E-state index in [9.17, 15) is 4.79 Å². The molecule has 0 aromatic heterocycles. The molecule has 1 saturated carbocycles. The van der Waals surface area contributed by atoms with Gasteiger partial charge in [0.15, 0.2) is 0 Å². The average Bonchev–Trinajstić information content (AvgIpc) is 2.35. The molecule has 4 heteroatoms. The molecule has 0 saturated heterocycles. The fraction of sp³-hybridized carbons (Fsp3) is 0.923. The summed E-state index contributed by atoms with van der Waals surface area (Å²) >= 11 is 0. The molecule has 100 valence electrons. The number of likely N-dealkylation sites (N-methyl/N-ethyl adjacent to an activating group) is 1. The number of amides is 1. The average molecular weight is 242 g/mol. The third-order valence-electron chi connectivity index (χ3n) is 3.69. The van der Waals surface area contributed by atoms with Crippen molar-refractivity contribution in [1.29, 1.82) is 0 Å². The summed E-state index contributed by atoms with van der Waals surface area (Å²) in [4.78, 5) is 13.7. The third-order valence-corrected chi connectivity index (χ3v) is 3.69. The van der Waals surface area contributed by atoms with Crippen LogP contribution in [-0.2, 0) is 4.74 Å². The Morgan fingerprint density at radius 2 is 1.94 bits per heavy atom. The van der Waals surface area contributed by atoms with E-state index in [-0.39, 0.29) is 11.6 Å². The summed E-state index contributed by atoms with van der Waals surface area (Å²) in [6, 6.07) is 0. The van der Waals surface area contributed by atoms with Crippen LogP contribution in [0.25, 0.3) is 0 Å². The van der Waals surface area contributed by atoms with Crippen LogP contribution in [0, 0.1) is 5.92 Å². The quantitative estimate of drug-likeness (QED) is 0.823. The first kappa shape index (κ1) is 14.3. The molecule has 1 amide bonds. The van der Waals surface area contributed by atoms with E-state index in [1.54, 1.807) is 4.90 Å². The van der Waals surface area contributed by atoms with Gasteiger partial charge in [-0.25, -0.2) is 4.79 Å². The second-order valence-corrected chi connectivity index (χ2v) is 5.52. The van der Waals surface area contributed by atoms with E-state index in [1.807, 2.05) is 20.9 Å². The Morgan fingerprint density at radius 3 is 2.41 bits per heavy atom. The van der Waals surface area contributed by atoms with Crippen LogP contribution >= 0.6 is 0 Å². The minimum absolute atomic E-state index is 0.174. The lowest BCUT2D eigenvalue weighted by molar-refractivity contribution is 0.0431. The summed E-state index contributed by atoms with van der Waals surface area (Å²) in [5.41, 5.74) is 5.71. The fourth-order valence-corrected chi connectivity index (χ4v) is 2.41. The Morgan fingerprint density at radius 1 is 1.35 bits per heavy atom. The molecule has 0 heterocycles. The molecule has 0 unspecified atom stereocenters. The van der Waals surface area contributed by atoms with E-state index in [0.29, 0.717) is 19.1 Å². The van der Waals surface area contributed by atoms with E-state index >= 15 is 0 Å². The molecule has 1 rings (SSSR count). The lowest BCUT2D eigenvalue weighted by Gasteiger charge is -2.43. The molecule has 0 aromatic carbocycles. The predicted octanol–water partition coefficient (Wildman–Crippen LogP) is 2.37. The molecular formula is C13H26N2O2. The van der Waals surface area contributed by atoms with Gasteiger partial charge in [0.1, 0.15) is 0 Å². The first-order valence-corrected chi connectivity index (χ1v) is 6.62. The van der Waals surface area contributed by atoms with Gasteiger partial charge in [-0.05, 0) is 18.8 Å². The van der Waals surface area contributed by atoms with Crippen LogP contribution in [0.4, 0.5) is 4.79 Å². The summed E-state index contributed by atoms with van der Waals surface area (Å²) in [5, 5.41) is 0. The lowest BCUT2D eigenvalue weighted by atomic mass is 9.81. The zero-order valence-corrected chi connectivity index (χ0v) is 11.4. The SMILES string of the molecule is CC(C)COC(=O)N(C)C1(CN)CCCCC1. The third kappa shape index (κ3) is 3.60. The normalized spacial score (nSPS) is 19.1. The summed E-state index contributed by atoms with van der Waals surface area (Å²) < 4.78 is 5.28. The van der Waals surface area contributed by atoms with Crippen molar-refractivity contribution in [2.45, 2.75) is 51.5 Å². The Hall–Kier alpha value is -0.770. The maximum atomic E-state index is 12.0. The molecule has 0 spiro atoms. The van der Waals surface area contributed by atoms with Crippen molar-refractivity contribution in [1.82, 2.24) is 4.90 Å². The highest BCUT2D eigenvalue weighted by Crippen LogP contribution is 2.32. The molecule has 4 nitrogen and oxygen atoms in total. The van der Waals surface area contributed by atoms with Crippen LogP contribution in [-0.4, -0.2) is 36.7 Å². The van der Waals surface area contributed by atoms with Gasteiger partial charge in [-0.2, -0.15) is 0 Å². The van der Waals surface area contributed by atoms with Gasteiger partial charge >= 0.3 is 6.09 Å². The van der Waals surface area contributed by atoms with Crippen molar-refractivity contribution >= 4 is 6.09 Å².